The van der Waals surface area contributed by atoms with E-state index in [-0.39, 0.29) is 16.4 Å². The molecule has 4 aromatic rings. The van der Waals surface area contributed by atoms with Gasteiger partial charge in [-0.3, -0.25) is 19.8 Å². The molecule has 0 radical (unpaired) electrons. The van der Waals surface area contributed by atoms with Gasteiger partial charge in [0.15, 0.2) is 5.75 Å². The van der Waals surface area contributed by atoms with Crippen LogP contribution in [0.25, 0.3) is 22.3 Å². The Morgan fingerprint density at radius 1 is 1.29 bits per heavy atom. The molecule has 3 N–H and O–H groups in total. The van der Waals surface area contributed by atoms with Crippen LogP contribution in [0.15, 0.2) is 42.9 Å². The molecule has 1 aliphatic rings. The van der Waals surface area contributed by atoms with Gasteiger partial charge in [0.2, 0.25) is 0 Å². The molecule has 0 atom stereocenters. The van der Waals surface area contributed by atoms with E-state index in [9.17, 15) is 14.9 Å². The van der Waals surface area contributed by atoms with E-state index >= 15 is 0 Å². The smallest absolute Gasteiger partial charge is 0.407 e. The van der Waals surface area contributed by atoms with E-state index in [1.54, 1.807) is 18.5 Å². The van der Waals surface area contributed by atoms with Gasteiger partial charge in [-0.15, -0.1) is 0 Å². The lowest BCUT2D eigenvalue weighted by Gasteiger charge is -2.29. The Labute approximate surface area is 221 Å². The summed E-state index contributed by atoms with van der Waals surface area (Å²) in [4.78, 5) is 32.3. The second-order valence-electron chi connectivity index (χ2n) is 9.20. The number of aryl methyl sites for hydroxylation is 1. The molecule has 1 aliphatic heterocycles. The number of rotatable bonds is 6. The van der Waals surface area contributed by atoms with Gasteiger partial charge in [0.05, 0.1) is 28.5 Å². The van der Waals surface area contributed by atoms with Crippen molar-refractivity contribution in [3.05, 3.63) is 63.6 Å². The first kappa shape index (κ1) is 25.2. The van der Waals surface area contributed by atoms with Crippen LogP contribution in [0.5, 0.6) is 11.5 Å². The fourth-order valence-electron chi connectivity index (χ4n) is 4.53. The van der Waals surface area contributed by atoms with E-state index in [4.69, 9.17) is 32.2 Å². The summed E-state index contributed by atoms with van der Waals surface area (Å²) in [6.45, 7) is 3.55. The standard InChI is InChI=1S/C25H24ClN7O5/c1-14-8-19-23(22(26)24(14)38-17-2-3-21(33(36)37)18(27)9-17)30-20(11-28-19)16-10-29-32(13-16)12-15-4-6-31(7-5-15)25(34)35/h2-3,8-11,13,15H,4-7,12,27H2,1H3,(H,34,35). The summed E-state index contributed by atoms with van der Waals surface area (Å²) in [5, 5.41) is 24.9. The molecule has 0 unspecified atom stereocenters. The van der Waals surface area contributed by atoms with Crippen molar-refractivity contribution in [2.45, 2.75) is 26.3 Å². The number of nitro benzene ring substituents is 1. The van der Waals surface area contributed by atoms with Gasteiger partial charge >= 0.3 is 6.09 Å². The zero-order valence-electron chi connectivity index (χ0n) is 20.4. The molecule has 5 rings (SSSR count). The number of hydrogen-bond acceptors (Lipinski definition) is 8. The molecule has 38 heavy (non-hydrogen) atoms. The maximum atomic E-state index is 11.1. The zero-order valence-corrected chi connectivity index (χ0v) is 21.1. The van der Waals surface area contributed by atoms with E-state index in [0.717, 1.165) is 18.4 Å². The van der Waals surface area contributed by atoms with Crippen molar-refractivity contribution in [1.82, 2.24) is 24.6 Å². The minimum absolute atomic E-state index is 0.0198. The highest BCUT2D eigenvalue weighted by atomic mass is 35.5. The number of amides is 1. The number of hydrogen-bond donors (Lipinski definition) is 2. The largest absolute Gasteiger partial charge is 0.465 e. The van der Waals surface area contributed by atoms with E-state index in [1.807, 2.05) is 17.8 Å². The van der Waals surface area contributed by atoms with Crippen LogP contribution in [0.1, 0.15) is 18.4 Å². The molecule has 2 aromatic carbocycles. The molecular formula is C25H24ClN7O5. The van der Waals surface area contributed by atoms with Gasteiger partial charge in [0.25, 0.3) is 5.69 Å². The Morgan fingerprint density at radius 3 is 2.74 bits per heavy atom. The summed E-state index contributed by atoms with van der Waals surface area (Å²) >= 11 is 6.71. The third-order valence-corrected chi connectivity index (χ3v) is 6.95. The number of piperidine rings is 1. The summed E-state index contributed by atoms with van der Waals surface area (Å²) in [5.74, 6) is 0.992. The maximum Gasteiger partial charge on any atom is 0.407 e. The van der Waals surface area contributed by atoms with Gasteiger partial charge in [0.1, 0.15) is 22.0 Å². The topological polar surface area (TPSA) is 163 Å². The normalized spacial score (nSPS) is 14.1. The minimum Gasteiger partial charge on any atom is -0.465 e. The van der Waals surface area contributed by atoms with Crippen LogP contribution in [-0.4, -0.2) is 53.9 Å². The van der Waals surface area contributed by atoms with Gasteiger partial charge < -0.3 is 20.5 Å². The Balaban J connectivity index is 1.38. The van der Waals surface area contributed by atoms with Gasteiger partial charge in [0, 0.05) is 43.5 Å². The molecule has 1 fully saturated rings. The number of likely N-dealkylation sites (tertiary alicyclic amines) is 1. The third kappa shape index (κ3) is 5.02. The van der Waals surface area contributed by atoms with Crippen molar-refractivity contribution in [3.63, 3.8) is 0 Å². The van der Waals surface area contributed by atoms with Gasteiger partial charge in [-0.25, -0.2) is 9.78 Å². The number of aromatic nitrogens is 4. The van der Waals surface area contributed by atoms with Crippen LogP contribution < -0.4 is 10.5 Å². The molecule has 0 spiro atoms. The Morgan fingerprint density at radius 2 is 2.05 bits per heavy atom. The molecule has 3 heterocycles. The van der Waals surface area contributed by atoms with E-state index in [0.29, 0.717) is 59.3 Å². The van der Waals surface area contributed by atoms with Crippen molar-refractivity contribution in [2.75, 3.05) is 18.8 Å². The molecule has 0 saturated carbocycles. The number of nitrogens with two attached hydrogens (primary N) is 1. The molecule has 12 nitrogen and oxygen atoms in total. The Kier molecular flexibility index (Phi) is 6.72. The average molecular weight is 538 g/mol. The molecule has 13 heteroatoms. The number of ether oxygens (including phenoxy) is 1. The number of halogens is 1. The summed E-state index contributed by atoms with van der Waals surface area (Å²) < 4.78 is 7.80. The molecular weight excluding hydrogens is 514 g/mol. The lowest BCUT2D eigenvalue weighted by Crippen LogP contribution is -2.38. The first-order valence-electron chi connectivity index (χ1n) is 11.9. The van der Waals surface area contributed by atoms with Crippen molar-refractivity contribution >= 4 is 40.1 Å². The summed E-state index contributed by atoms with van der Waals surface area (Å²) in [5.41, 5.74) is 8.66. The van der Waals surface area contributed by atoms with Crippen LogP contribution in [-0.2, 0) is 6.54 Å². The zero-order chi connectivity index (χ0) is 27.0. The second kappa shape index (κ2) is 10.1. The van der Waals surface area contributed by atoms with E-state index < -0.39 is 11.0 Å². The molecule has 1 amide bonds. The summed E-state index contributed by atoms with van der Waals surface area (Å²) in [6.07, 6.45) is 5.95. The third-order valence-electron chi connectivity index (χ3n) is 6.59. The lowest BCUT2D eigenvalue weighted by molar-refractivity contribution is -0.383. The molecule has 0 bridgehead atoms. The fourth-order valence-corrected chi connectivity index (χ4v) is 4.86. The van der Waals surface area contributed by atoms with Gasteiger partial charge in [-0.1, -0.05) is 11.6 Å². The first-order valence-corrected chi connectivity index (χ1v) is 12.3. The van der Waals surface area contributed by atoms with Crippen molar-refractivity contribution in [2.24, 2.45) is 5.92 Å². The fraction of sp³-hybridized carbons (Fsp3) is 0.280. The number of nitrogens with zero attached hydrogens (tertiary/aromatic N) is 6. The maximum absolute atomic E-state index is 11.1. The number of carboxylic acid groups (broad SMARTS) is 1. The number of benzene rings is 2. The minimum atomic E-state index is -0.876. The van der Waals surface area contributed by atoms with Crippen LogP contribution in [0.4, 0.5) is 16.2 Å². The number of anilines is 1. The highest BCUT2D eigenvalue weighted by molar-refractivity contribution is 6.36. The van der Waals surface area contributed by atoms with Crippen molar-refractivity contribution in [1.29, 1.82) is 0 Å². The average Bonchev–Trinajstić information content (AvgIpc) is 3.35. The molecule has 2 aromatic heterocycles. The predicted octanol–water partition coefficient (Wildman–Crippen LogP) is 5.13. The van der Waals surface area contributed by atoms with Crippen LogP contribution >= 0.6 is 11.6 Å². The Bertz CT molecular complexity index is 1550. The number of carbonyl (C=O) groups is 1. The predicted molar refractivity (Wildman–Crippen MR) is 140 cm³/mol. The monoisotopic (exact) mass is 537 g/mol. The van der Waals surface area contributed by atoms with E-state index in [1.165, 1.54) is 23.1 Å². The number of nitrogen functional groups attached to an aromatic ring is 1. The van der Waals surface area contributed by atoms with Crippen LogP contribution in [0, 0.1) is 23.0 Å². The van der Waals surface area contributed by atoms with E-state index in [2.05, 4.69) is 10.1 Å². The first-order chi connectivity index (χ1) is 18.2. The molecule has 196 valence electrons. The van der Waals surface area contributed by atoms with Crippen molar-refractivity contribution < 1.29 is 19.6 Å². The lowest BCUT2D eigenvalue weighted by atomic mass is 9.97. The SMILES string of the molecule is Cc1cc2ncc(-c3cnn(CC4CCN(C(=O)O)CC4)c3)nc2c(Cl)c1Oc1ccc([N+](=O)[O-])c(N)c1. The van der Waals surface area contributed by atoms with Gasteiger partial charge in [-0.05, 0) is 43.4 Å². The quantitative estimate of drug-likeness (QED) is 0.193. The molecule has 1 saturated heterocycles. The molecule has 0 aliphatic carbocycles. The van der Waals surface area contributed by atoms with Gasteiger partial charge in [-0.2, -0.15) is 5.10 Å². The number of fused-ring (bicyclic) bond motifs is 1. The summed E-state index contributed by atoms with van der Waals surface area (Å²) in [7, 11) is 0. The summed E-state index contributed by atoms with van der Waals surface area (Å²) in [6, 6.07) is 5.91. The highest BCUT2D eigenvalue weighted by Gasteiger charge is 2.23. The number of nitro groups is 1. The second-order valence-corrected chi connectivity index (χ2v) is 9.58. The van der Waals surface area contributed by atoms with Crippen LogP contribution in [0.2, 0.25) is 5.02 Å². The Hall–Kier alpha value is -4.45. The van der Waals surface area contributed by atoms with Crippen molar-refractivity contribution in [3.8, 4) is 22.8 Å². The highest BCUT2D eigenvalue weighted by Crippen LogP contribution is 2.39. The van der Waals surface area contributed by atoms with Crippen LogP contribution in [0.3, 0.4) is 0 Å².